The molecule has 2 atom stereocenters. The number of aromatic carboxylic acids is 1. The summed E-state index contributed by atoms with van der Waals surface area (Å²) in [6, 6.07) is 0. The average Bonchev–Trinajstić information content (AvgIpc) is 2.72. The normalized spacial score (nSPS) is 24.5. The number of carboxylic acid groups (broad SMARTS) is 1. The van der Waals surface area contributed by atoms with Crippen molar-refractivity contribution in [2.75, 3.05) is 0 Å². The van der Waals surface area contributed by atoms with Gasteiger partial charge < -0.3 is 9.52 Å². The molecular weight excluding hydrogens is 208 g/mol. The molecule has 2 unspecified atom stereocenters. The summed E-state index contributed by atoms with van der Waals surface area (Å²) in [5.74, 6) is -1.79. The average molecular weight is 217 g/mol. The fourth-order valence-corrected chi connectivity index (χ4v) is 1.48. The number of carbonyl (C=O) groups is 1. The van der Waals surface area contributed by atoms with Gasteiger partial charge in [0.2, 0.25) is 5.76 Å². The third-order valence-electron chi connectivity index (χ3n) is 2.50. The quantitative estimate of drug-likeness (QED) is 0.844. The Balaban J connectivity index is 2.36. The molecule has 1 saturated carbocycles. The van der Waals surface area contributed by atoms with Crippen molar-refractivity contribution in [1.82, 2.24) is 4.98 Å². The van der Waals surface area contributed by atoms with Crippen molar-refractivity contribution in [1.29, 1.82) is 0 Å². The van der Waals surface area contributed by atoms with Crippen molar-refractivity contribution >= 4 is 5.97 Å². The van der Waals surface area contributed by atoms with Gasteiger partial charge in [0.1, 0.15) is 0 Å². The minimum atomic E-state index is -2.91. The van der Waals surface area contributed by atoms with Crippen LogP contribution in [-0.4, -0.2) is 16.1 Å². The van der Waals surface area contributed by atoms with Crippen LogP contribution in [-0.2, 0) is 0 Å². The summed E-state index contributed by atoms with van der Waals surface area (Å²) < 4.78 is 29.6. The highest BCUT2D eigenvalue weighted by Gasteiger charge is 2.40. The van der Waals surface area contributed by atoms with E-state index in [2.05, 4.69) is 4.98 Å². The zero-order chi connectivity index (χ0) is 11.2. The smallest absolute Gasteiger partial charge is 0.374 e. The number of oxazole rings is 1. The number of carboxylic acids is 1. The molecule has 2 rings (SSSR count). The Morgan fingerprint density at radius 2 is 2.27 bits per heavy atom. The molecule has 1 N–H and O–H groups in total. The van der Waals surface area contributed by atoms with Gasteiger partial charge in [-0.25, -0.2) is 18.6 Å². The van der Waals surface area contributed by atoms with Crippen LogP contribution in [0.1, 0.15) is 47.8 Å². The third kappa shape index (κ3) is 1.71. The second kappa shape index (κ2) is 3.29. The van der Waals surface area contributed by atoms with Crippen LogP contribution in [0.2, 0.25) is 0 Å². The Bertz CT molecular complexity index is 402. The Morgan fingerprint density at radius 3 is 2.60 bits per heavy atom. The SMILES string of the molecule is CC1CC1c1nc(C(F)F)c(C(=O)O)o1. The standard InChI is InChI=1S/C9H9F2NO3/c1-3-2-4(3)8-12-5(7(10)11)6(15-8)9(13)14/h3-4,7H,2H2,1H3,(H,13,14). The number of aromatic nitrogens is 1. The van der Waals surface area contributed by atoms with E-state index < -0.39 is 23.8 Å². The molecule has 6 heteroatoms. The highest BCUT2D eigenvalue weighted by molar-refractivity contribution is 5.85. The van der Waals surface area contributed by atoms with Crippen LogP contribution in [0.15, 0.2) is 4.42 Å². The van der Waals surface area contributed by atoms with Crippen molar-refractivity contribution in [3.8, 4) is 0 Å². The molecule has 0 radical (unpaired) electrons. The van der Waals surface area contributed by atoms with E-state index in [9.17, 15) is 13.6 Å². The van der Waals surface area contributed by atoms with Crippen LogP contribution in [0.4, 0.5) is 8.78 Å². The summed E-state index contributed by atoms with van der Waals surface area (Å²) in [4.78, 5) is 14.1. The molecule has 1 aliphatic rings. The lowest BCUT2D eigenvalue weighted by atomic mass is 10.3. The van der Waals surface area contributed by atoms with E-state index in [1.165, 1.54) is 0 Å². The number of alkyl halides is 2. The predicted octanol–water partition coefficient (Wildman–Crippen LogP) is 2.43. The minimum Gasteiger partial charge on any atom is -0.475 e. The van der Waals surface area contributed by atoms with Gasteiger partial charge in [0.15, 0.2) is 11.6 Å². The molecule has 15 heavy (non-hydrogen) atoms. The van der Waals surface area contributed by atoms with Crippen LogP contribution < -0.4 is 0 Å². The third-order valence-corrected chi connectivity index (χ3v) is 2.50. The van der Waals surface area contributed by atoms with Crippen LogP contribution >= 0.6 is 0 Å². The molecule has 0 saturated heterocycles. The van der Waals surface area contributed by atoms with Gasteiger partial charge in [-0.1, -0.05) is 6.92 Å². The molecule has 0 amide bonds. The summed E-state index contributed by atoms with van der Waals surface area (Å²) in [7, 11) is 0. The Kier molecular flexibility index (Phi) is 2.21. The molecule has 82 valence electrons. The van der Waals surface area contributed by atoms with Gasteiger partial charge in [-0.15, -0.1) is 0 Å². The minimum absolute atomic E-state index is 0.00407. The molecular formula is C9H9F2NO3. The molecule has 0 aromatic carbocycles. The zero-order valence-corrected chi connectivity index (χ0v) is 7.91. The van der Waals surface area contributed by atoms with Gasteiger partial charge in [-0.2, -0.15) is 0 Å². The first kappa shape index (κ1) is 10.1. The van der Waals surface area contributed by atoms with Crippen LogP contribution in [0.5, 0.6) is 0 Å². The van der Waals surface area contributed by atoms with E-state index >= 15 is 0 Å². The topological polar surface area (TPSA) is 63.3 Å². The van der Waals surface area contributed by atoms with Crippen molar-refractivity contribution in [2.45, 2.75) is 25.7 Å². The van der Waals surface area contributed by atoms with Crippen molar-refractivity contribution in [2.24, 2.45) is 5.92 Å². The van der Waals surface area contributed by atoms with Crippen LogP contribution in [0.3, 0.4) is 0 Å². The van der Waals surface area contributed by atoms with Gasteiger partial charge in [-0.05, 0) is 12.3 Å². The summed E-state index contributed by atoms with van der Waals surface area (Å²) in [6.07, 6.45) is -2.11. The van der Waals surface area contributed by atoms with Gasteiger partial charge in [0.25, 0.3) is 6.43 Å². The summed E-state index contributed by atoms with van der Waals surface area (Å²) in [5.41, 5.74) is -0.767. The first-order valence-electron chi connectivity index (χ1n) is 4.52. The van der Waals surface area contributed by atoms with Crippen molar-refractivity contribution in [3.63, 3.8) is 0 Å². The zero-order valence-electron chi connectivity index (χ0n) is 7.91. The molecule has 1 aliphatic carbocycles. The number of rotatable bonds is 3. The molecule has 0 aliphatic heterocycles. The van der Waals surface area contributed by atoms with Gasteiger partial charge in [-0.3, -0.25) is 0 Å². The fraction of sp³-hybridized carbons (Fsp3) is 0.556. The monoisotopic (exact) mass is 217 g/mol. The first-order chi connectivity index (χ1) is 7.00. The predicted molar refractivity (Wildman–Crippen MR) is 44.9 cm³/mol. The summed E-state index contributed by atoms with van der Waals surface area (Å²) in [6.45, 7) is 1.93. The number of halogens is 2. The van der Waals surface area contributed by atoms with E-state index in [0.29, 0.717) is 5.92 Å². The van der Waals surface area contributed by atoms with Gasteiger partial charge in [0.05, 0.1) is 0 Å². The van der Waals surface area contributed by atoms with E-state index in [-0.39, 0.29) is 11.8 Å². The second-order valence-electron chi connectivity index (χ2n) is 3.69. The molecule has 1 aromatic rings. The highest BCUT2D eigenvalue weighted by atomic mass is 19.3. The Hall–Kier alpha value is -1.46. The molecule has 1 heterocycles. The lowest BCUT2D eigenvalue weighted by molar-refractivity contribution is 0.0644. The van der Waals surface area contributed by atoms with E-state index in [0.717, 1.165) is 6.42 Å². The second-order valence-corrected chi connectivity index (χ2v) is 3.69. The van der Waals surface area contributed by atoms with E-state index in [1.807, 2.05) is 6.92 Å². The first-order valence-corrected chi connectivity index (χ1v) is 4.52. The maximum Gasteiger partial charge on any atom is 0.374 e. The largest absolute Gasteiger partial charge is 0.475 e. The number of hydrogen-bond acceptors (Lipinski definition) is 3. The summed E-state index contributed by atoms with van der Waals surface area (Å²) >= 11 is 0. The van der Waals surface area contributed by atoms with Crippen LogP contribution in [0.25, 0.3) is 0 Å². The Morgan fingerprint density at radius 1 is 1.67 bits per heavy atom. The fourth-order valence-electron chi connectivity index (χ4n) is 1.48. The van der Waals surface area contributed by atoms with Crippen molar-refractivity contribution < 1.29 is 23.1 Å². The highest BCUT2D eigenvalue weighted by Crippen LogP contribution is 2.47. The maximum absolute atomic E-state index is 12.4. The van der Waals surface area contributed by atoms with E-state index in [1.54, 1.807) is 0 Å². The van der Waals surface area contributed by atoms with Gasteiger partial charge in [0, 0.05) is 5.92 Å². The lowest BCUT2D eigenvalue weighted by Crippen LogP contribution is -1.99. The molecule has 4 nitrogen and oxygen atoms in total. The Labute approximate surface area is 83.9 Å². The lowest BCUT2D eigenvalue weighted by Gasteiger charge is -1.91. The molecule has 0 spiro atoms. The van der Waals surface area contributed by atoms with Crippen molar-refractivity contribution in [3.05, 3.63) is 17.3 Å². The molecule has 1 fully saturated rings. The number of nitrogens with zero attached hydrogens (tertiary/aromatic N) is 1. The summed E-state index contributed by atoms with van der Waals surface area (Å²) in [5, 5.41) is 8.63. The molecule has 1 aromatic heterocycles. The van der Waals surface area contributed by atoms with E-state index in [4.69, 9.17) is 9.52 Å². The van der Waals surface area contributed by atoms with Gasteiger partial charge >= 0.3 is 5.97 Å². The maximum atomic E-state index is 12.4. The number of hydrogen-bond donors (Lipinski definition) is 1. The molecule has 0 bridgehead atoms. The van der Waals surface area contributed by atoms with Crippen LogP contribution in [0, 0.1) is 5.92 Å².